The molecule has 0 fully saturated rings. The molecular weight excluding hydrogens is 278 g/mol. The molecule has 132 valence electrons. The van der Waals surface area contributed by atoms with Gasteiger partial charge in [0, 0.05) is 18.6 Å². The third-order valence-electron chi connectivity index (χ3n) is 4.80. The molecule has 0 unspecified atom stereocenters. The maximum atomic E-state index is 2.36. The Morgan fingerprint density at radius 3 is 1.65 bits per heavy atom. The molecule has 0 radical (unpaired) electrons. The van der Waals surface area contributed by atoms with Gasteiger partial charge in [0.05, 0.1) is 0 Å². The molecule has 1 rings (SSSR count). The fourth-order valence-corrected chi connectivity index (χ4v) is 3.16. The summed E-state index contributed by atoms with van der Waals surface area (Å²) in [5, 5.41) is 0. The molecule has 0 aliphatic carbocycles. The van der Waals surface area contributed by atoms with Crippen LogP contribution in [0.3, 0.4) is 0 Å². The van der Waals surface area contributed by atoms with Crippen molar-refractivity contribution in [2.45, 2.75) is 110 Å². The molecule has 1 aromatic rings. The van der Waals surface area contributed by atoms with Crippen molar-refractivity contribution in [1.29, 1.82) is 0 Å². The van der Waals surface area contributed by atoms with Crippen molar-refractivity contribution in [3.05, 3.63) is 30.1 Å². The Bertz CT molecular complexity index is 355. The number of aromatic nitrogens is 1. The molecule has 23 heavy (non-hydrogen) atoms. The molecule has 0 aliphatic heterocycles. The lowest BCUT2D eigenvalue weighted by atomic mass is 10.1. The molecule has 0 saturated carbocycles. The molecular formula is C22H40N+. The van der Waals surface area contributed by atoms with Gasteiger partial charge in [0.25, 0.3) is 0 Å². The average Bonchev–Trinajstić information content (AvgIpc) is 2.58. The van der Waals surface area contributed by atoms with Crippen molar-refractivity contribution in [3.8, 4) is 0 Å². The summed E-state index contributed by atoms with van der Waals surface area (Å²) in [7, 11) is 0. The minimum absolute atomic E-state index is 1.19. The summed E-state index contributed by atoms with van der Waals surface area (Å²) >= 11 is 0. The number of pyridine rings is 1. The lowest BCUT2D eigenvalue weighted by molar-refractivity contribution is -0.697. The van der Waals surface area contributed by atoms with E-state index in [1.165, 1.54) is 102 Å². The zero-order chi connectivity index (χ0) is 16.6. The van der Waals surface area contributed by atoms with Gasteiger partial charge >= 0.3 is 0 Å². The number of hydrogen-bond acceptors (Lipinski definition) is 0. The van der Waals surface area contributed by atoms with E-state index in [2.05, 4.69) is 42.9 Å². The number of aryl methyl sites for hydroxylation is 2. The SMILES string of the molecule is CCCCCCCCCCCC[n+]1ccc(CCCCC)cc1. The lowest BCUT2D eigenvalue weighted by Gasteiger charge is -2.02. The summed E-state index contributed by atoms with van der Waals surface area (Å²) in [6.07, 6.45) is 23.9. The second-order valence-corrected chi connectivity index (χ2v) is 7.08. The Kier molecular flexibility index (Phi) is 12.9. The van der Waals surface area contributed by atoms with E-state index in [1.54, 1.807) is 0 Å². The Labute approximate surface area is 145 Å². The molecule has 0 atom stereocenters. The van der Waals surface area contributed by atoms with Gasteiger partial charge in [-0.05, 0) is 24.8 Å². The quantitative estimate of drug-likeness (QED) is 0.252. The molecule has 1 heterocycles. The summed E-state index contributed by atoms with van der Waals surface area (Å²) in [5.41, 5.74) is 1.50. The van der Waals surface area contributed by atoms with E-state index in [0.717, 1.165) is 0 Å². The van der Waals surface area contributed by atoms with Crippen molar-refractivity contribution in [3.63, 3.8) is 0 Å². The summed E-state index contributed by atoms with van der Waals surface area (Å²) < 4.78 is 2.36. The molecule has 1 heteroatoms. The third-order valence-corrected chi connectivity index (χ3v) is 4.80. The number of hydrogen-bond donors (Lipinski definition) is 0. The van der Waals surface area contributed by atoms with Crippen molar-refractivity contribution in [2.75, 3.05) is 0 Å². The third kappa shape index (κ3) is 11.3. The largest absolute Gasteiger partial charge is 0.205 e. The Morgan fingerprint density at radius 1 is 0.609 bits per heavy atom. The normalized spacial score (nSPS) is 11.0. The van der Waals surface area contributed by atoms with Gasteiger partial charge in [-0.25, -0.2) is 4.57 Å². The van der Waals surface area contributed by atoms with E-state index < -0.39 is 0 Å². The van der Waals surface area contributed by atoms with Gasteiger partial charge < -0.3 is 0 Å². The summed E-state index contributed by atoms with van der Waals surface area (Å²) in [4.78, 5) is 0. The van der Waals surface area contributed by atoms with Gasteiger partial charge in [-0.15, -0.1) is 0 Å². The van der Waals surface area contributed by atoms with Gasteiger partial charge in [-0.3, -0.25) is 0 Å². The van der Waals surface area contributed by atoms with E-state index in [0.29, 0.717) is 0 Å². The average molecular weight is 319 g/mol. The standard InChI is InChI=1S/C22H40N/c1-3-5-7-8-9-10-11-12-13-15-19-23-20-17-22(18-21-23)16-14-6-4-2/h17-18,20-21H,3-16,19H2,1-2H3/q+1. The van der Waals surface area contributed by atoms with Gasteiger partial charge in [0.2, 0.25) is 0 Å². The summed E-state index contributed by atoms with van der Waals surface area (Å²) in [6, 6.07) is 4.62. The zero-order valence-electron chi connectivity index (χ0n) is 15.9. The maximum absolute atomic E-state index is 2.36. The van der Waals surface area contributed by atoms with Crippen molar-refractivity contribution >= 4 is 0 Å². The first kappa shape index (κ1) is 20.2. The lowest BCUT2D eigenvalue weighted by Crippen LogP contribution is -2.32. The van der Waals surface area contributed by atoms with Crippen LogP contribution in [-0.2, 0) is 13.0 Å². The van der Waals surface area contributed by atoms with E-state index in [-0.39, 0.29) is 0 Å². The van der Waals surface area contributed by atoms with Crippen LogP contribution >= 0.6 is 0 Å². The number of nitrogens with zero attached hydrogens (tertiary/aromatic N) is 1. The maximum Gasteiger partial charge on any atom is 0.169 e. The Balaban J connectivity index is 1.97. The fraction of sp³-hybridized carbons (Fsp3) is 0.773. The molecule has 0 spiro atoms. The zero-order valence-corrected chi connectivity index (χ0v) is 15.9. The summed E-state index contributed by atoms with van der Waals surface area (Å²) in [6.45, 7) is 5.75. The predicted molar refractivity (Wildman–Crippen MR) is 102 cm³/mol. The van der Waals surface area contributed by atoms with Gasteiger partial charge in [-0.1, -0.05) is 78.1 Å². The van der Waals surface area contributed by atoms with Crippen LogP contribution < -0.4 is 4.57 Å². The second-order valence-electron chi connectivity index (χ2n) is 7.08. The van der Waals surface area contributed by atoms with Crippen LogP contribution in [0.4, 0.5) is 0 Å². The van der Waals surface area contributed by atoms with Crippen molar-refractivity contribution < 1.29 is 4.57 Å². The Morgan fingerprint density at radius 2 is 1.09 bits per heavy atom. The topological polar surface area (TPSA) is 3.88 Å². The first-order chi connectivity index (χ1) is 11.4. The van der Waals surface area contributed by atoms with Crippen LogP contribution in [0, 0.1) is 0 Å². The van der Waals surface area contributed by atoms with Crippen molar-refractivity contribution in [1.82, 2.24) is 0 Å². The van der Waals surface area contributed by atoms with Crippen LogP contribution in [0.1, 0.15) is 103 Å². The molecule has 1 aromatic heterocycles. The van der Waals surface area contributed by atoms with E-state index in [4.69, 9.17) is 0 Å². The van der Waals surface area contributed by atoms with Crippen LogP contribution in [0.5, 0.6) is 0 Å². The first-order valence-electron chi connectivity index (χ1n) is 10.3. The van der Waals surface area contributed by atoms with Crippen LogP contribution in [0.15, 0.2) is 24.5 Å². The van der Waals surface area contributed by atoms with Gasteiger partial charge in [0.15, 0.2) is 12.4 Å². The van der Waals surface area contributed by atoms with E-state index in [1.807, 2.05) is 0 Å². The molecule has 0 bridgehead atoms. The molecule has 0 saturated heterocycles. The molecule has 0 amide bonds. The molecule has 0 aliphatic rings. The summed E-state index contributed by atoms with van der Waals surface area (Å²) in [5.74, 6) is 0. The highest BCUT2D eigenvalue weighted by atomic mass is 14.9. The Hall–Kier alpha value is -0.850. The van der Waals surface area contributed by atoms with Crippen LogP contribution in [-0.4, -0.2) is 0 Å². The number of unbranched alkanes of at least 4 members (excludes halogenated alkanes) is 11. The first-order valence-corrected chi connectivity index (χ1v) is 10.3. The highest BCUT2D eigenvalue weighted by molar-refractivity contribution is 5.07. The smallest absolute Gasteiger partial charge is 0.169 e. The highest BCUT2D eigenvalue weighted by Gasteiger charge is 2.01. The fourth-order valence-electron chi connectivity index (χ4n) is 3.16. The predicted octanol–water partition coefficient (Wildman–Crippen LogP) is 6.63. The minimum Gasteiger partial charge on any atom is -0.205 e. The number of rotatable bonds is 15. The molecule has 1 nitrogen and oxygen atoms in total. The highest BCUT2D eigenvalue weighted by Crippen LogP contribution is 2.10. The van der Waals surface area contributed by atoms with Crippen LogP contribution in [0.25, 0.3) is 0 Å². The van der Waals surface area contributed by atoms with Crippen molar-refractivity contribution in [2.24, 2.45) is 0 Å². The van der Waals surface area contributed by atoms with E-state index >= 15 is 0 Å². The van der Waals surface area contributed by atoms with Gasteiger partial charge in [-0.2, -0.15) is 0 Å². The van der Waals surface area contributed by atoms with E-state index in [9.17, 15) is 0 Å². The molecule has 0 N–H and O–H groups in total. The monoisotopic (exact) mass is 318 g/mol. The minimum atomic E-state index is 1.19. The van der Waals surface area contributed by atoms with Gasteiger partial charge in [0.1, 0.15) is 6.54 Å². The van der Waals surface area contributed by atoms with Crippen LogP contribution in [0.2, 0.25) is 0 Å². The molecule has 0 aromatic carbocycles. The second kappa shape index (κ2) is 14.7.